The standard InChI is InChI=1S/C30H22N2/c1-5-13-27-23(9-1)24-10-2-6-14-28(24)31(27)21-17-19-22(20-18-21)32-29-15-7-3-11-25(29)26-12-4-8-16-30(26)32/h1-20,23,27H. The lowest BCUT2D eigenvalue weighted by Crippen LogP contribution is -2.28. The molecule has 5 aromatic rings. The van der Waals surface area contributed by atoms with Crippen molar-refractivity contribution in [1.29, 1.82) is 0 Å². The molecular weight excluding hydrogens is 388 g/mol. The summed E-state index contributed by atoms with van der Waals surface area (Å²) in [7, 11) is 0. The lowest BCUT2D eigenvalue weighted by molar-refractivity contribution is 0.744. The van der Waals surface area contributed by atoms with E-state index in [0.29, 0.717) is 12.0 Å². The molecule has 2 atom stereocenters. The molecule has 7 rings (SSSR count). The molecule has 4 aromatic carbocycles. The van der Waals surface area contributed by atoms with Gasteiger partial charge in [0.05, 0.1) is 17.1 Å². The quantitative estimate of drug-likeness (QED) is 0.292. The van der Waals surface area contributed by atoms with Crippen LogP contribution in [-0.2, 0) is 0 Å². The molecule has 1 aromatic heterocycles. The maximum atomic E-state index is 2.48. The van der Waals surface area contributed by atoms with Crippen LogP contribution in [0.5, 0.6) is 0 Å². The molecule has 2 heterocycles. The summed E-state index contributed by atoms with van der Waals surface area (Å²) in [4.78, 5) is 2.48. The van der Waals surface area contributed by atoms with Crippen LogP contribution in [-0.4, -0.2) is 10.6 Å². The van der Waals surface area contributed by atoms with Gasteiger partial charge in [0.2, 0.25) is 0 Å². The number of para-hydroxylation sites is 3. The minimum atomic E-state index is 0.330. The first-order chi connectivity index (χ1) is 15.9. The zero-order valence-electron chi connectivity index (χ0n) is 17.6. The van der Waals surface area contributed by atoms with Gasteiger partial charge in [0.15, 0.2) is 0 Å². The van der Waals surface area contributed by atoms with E-state index >= 15 is 0 Å². The Morgan fingerprint density at radius 3 is 1.88 bits per heavy atom. The van der Waals surface area contributed by atoms with Gasteiger partial charge in [-0.1, -0.05) is 78.9 Å². The van der Waals surface area contributed by atoms with E-state index in [9.17, 15) is 0 Å². The SMILES string of the molecule is C1=CC2c3ccccc3N(c3ccc(-n4c5ccccc5c5ccccc54)cc3)C2C=C1. The minimum Gasteiger partial charge on any atom is -0.333 e. The number of aromatic nitrogens is 1. The van der Waals surface area contributed by atoms with Gasteiger partial charge in [-0.15, -0.1) is 0 Å². The second kappa shape index (κ2) is 6.73. The highest BCUT2D eigenvalue weighted by Gasteiger charge is 2.36. The molecule has 0 amide bonds. The molecule has 0 saturated heterocycles. The number of benzene rings is 4. The third-order valence-electron chi connectivity index (χ3n) is 6.93. The molecule has 0 saturated carbocycles. The Morgan fingerprint density at radius 1 is 0.531 bits per heavy atom. The van der Waals surface area contributed by atoms with E-state index in [1.54, 1.807) is 0 Å². The Bertz CT molecular complexity index is 1480. The zero-order chi connectivity index (χ0) is 21.1. The summed E-state index contributed by atoms with van der Waals surface area (Å²) in [5.74, 6) is 0.410. The zero-order valence-corrected chi connectivity index (χ0v) is 17.6. The van der Waals surface area contributed by atoms with Crippen molar-refractivity contribution >= 4 is 33.2 Å². The van der Waals surface area contributed by atoms with Crippen LogP contribution in [0.3, 0.4) is 0 Å². The highest BCUT2D eigenvalue weighted by molar-refractivity contribution is 6.09. The van der Waals surface area contributed by atoms with Gasteiger partial charge in [0, 0.05) is 33.8 Å². The third kappa shape index (κ3) is 2.41. The van der Waals surface area contributed by atoms with Crippen LogP contribution in [0, 0.1) is 0 Å². The number of anilines is 2. The van der Waals surface area contributed by atoms with E-state index < -0.39 is 0 Å². The van der Waals surface area contributed by atoms with Crippen LogP contribution < -0.4 is 4.90 Å². The fourth-order valence-electron chi connectivity index (χ4n) is 5.55. The van der Waals surface area contributed by atoms with Gasteiger partial charge in [-0.3, -0.25) is 0 Å². The lowest BCUT2D eigenvalue weighted by Gasteiger charge is -2.28. The number of hydrogen-bond acceptors (Lipinski definition) is 1. The first kappa shape index (κ1) is 17.6. The van der Waals surface area contributed by atoms with E-state index in [2.05, 4.69) is 131 Å². The van der Waals surface area contributed by atoms with Crippen molar-refractivity contribution in [2.75, 3.05) is 4.90 Å². The summed E-state index contributed by atoms with van der Waals surface area (Å²) in [6.07, 6.45) is 9.00. The summed E-state index contributed by atoms with van der Waals surface area (Å²) >= 11 is 0. The van der Waals surface area contributed by atoms with Crippen molar-refractivity contribution in [3.63, 3.8) is 0 Å². The van der Waals surface area contributed by atoms with Crippen LogP contribution in [0.2, 0.25) is 0 Å². The molecule has 1 aliphatic carbocycles. The monoisotopic (exact) mass is 410 g/mol. The van der Waals surface area contributed by atoms with Crippen LogP contribution in [0.15, 0.2) is 121 Å². The predicted octanol–water partition coefficient (Wildman–Crippen LogP) is 7.51. The smallest absolute Gasteiger partial charge is 0.0629 e. The highest BCUT2D eigenvalue weighted by atomic mass is 15.2. The van der Waals surface area contributed by atoms with Gasteiger partial charge < -0.3 is 9.47 Å². The Hall–Kier alpha value is -4.04. The van der Waals surface area contributed by atoms with Crippen molar-refractivity contribution in [2.24, 2.45) is 0 Å². The van der Waals surface area contributed by atoms with Gasteiger partial charge >= 0.3 is 0 Å². The molecule has 0 bridgehead atoms. The minimum absolute atomic E-state index is 0.330. The van der Waals surface area contributed by atoms with Crippen LogP contribution in [0.4, 0.5) is 11.4 Å². The second-order valence-corrected chi connectivity index (χ2v) is 8.60. The molecular formula is C30H22N2. The van der Waals surface area contributed by atoms with Crippen molar-refractivity contribution in [2.45, 2.75) is 12.0 Å². The van der Waals surface area contributed by atoms with Crippen molar-refractivity contribution in [1.82, 2.24) is 4.57 Å². The van der Waals surface area contributed by atoms with Crippen LogP contribution in [0.1, 0.15) is 11.5 Å². The Labute approximate surface area is 187 Å². The number of allylic oxidation sites excluding steroid dienone is 2. The van der Waals surface area contributed by atoms with Crippen molar-refractivity contribution in [3.8, 4) is 5.69 Å². The highest BCUT2D eigenvalue weighted by Crippen LogP contribution is 2.47. The molecule has 32 heavy (non-hydrogen) atoms. The van der Waals surface area contributed by atoms with E-state index in [-0.39, 0.29) is 0 Å². The Morgan fingerprint density at radius 2 is 1.12 bits per heavy atom. The molecule has 2 heteroatoms. The molecule has 1 aliphatic heterocycles. The summed E-state index contributed by atoms with van der Waals surface area (Å²) in [6.45, 7) is 0. The van der Waals surface area contributed by atoms with Crippen molar-refractivity contribution < 1.29 is 0 Å². The van der Waals surface area contributed by atoms with Crippen LogP contribution in [0.25, 0.3) is 27.5 Å². The molecule has 0 radical (unpaired) electrons. The molecule has 2 aliphatic rings. The van der Waals surface area contributed by atoms with E-state index in [1.165, 1.54) is 44.4 Å². The van der Waals surface area contributed by atoms with Gasteiger partial charge in [-0.05, 0) is 48.0 Å². The van der Waals surface area contributed by atoms with Gasteiger partial charge in [-0.2, -0.15) is 0 Å². The molecule has 2 unspecified atom stereocenters. The first-order valence-corrected chi connectivity index (χ1v) is 11.2. The van der Waals surface area contributed by atoms with Gasteiger partial charge in [0.25, 0.3) is 0 Å². The van der Waals surface area contributed by atoms with Crippen molar-refractivity contribution in [3.05, 3.63) is 127 Å². The summed E-state index contributed by atoms with van der Waals surface area (Å²) < 4.78 is 2.37. The van der Waals surface area contributed by atoms with Crippen LogP contribution >= 0.6 is 0 Å². The predicted molar refractivity (Wildman–Crippen MR) is 134 cm³/mol. The molecule has 152 valence electrons. The fourth-order valence-corrected chi connectivity index (χ4v) is 5.55. The lowest BCUT2D eigenvalue weighted by atomic mass is 9.91. The Kier molecular flexibility index (Phi) is 3.71. The van der Waals surface area contributed by atoms with E-state index in [1.807, 2.05) is 0 Å². The molecule has 0 fully saturated rings. The molecule has 0 spiro atoms. The molecule has 0 N–H and O–H groups in total. The number of rotatable bonds is 2. The number of fused-ring (bicyclic) bond motifs is 6. The average Bonchev–Trinajstić information content (AvgIpc) is 3.38. The van der Waals surface area contributed by atoms with Gasteiger partial charge in [-0.25, -0.2) is 0 Å². The fraction of sp³-hybridized carbons (Fsp3) is 0.0667. The molecule has 2 nitrogen and oxygen atoms in total. The van der Waals surface area contributed by atoms with E-state index in [4.69, 9.17) is 0 Å². The third-order valence-corrected chi connectivity index (χ3v) is 6.93. The van der Waals surface area contributed by atoms with Gasteiger partial charge in [0.1, 0.15) is 0 Å². The summed E-state index contributed by atoms with van der Waals surface area (Å²) in [6, 6.07) is 35.5. The topological polar surface area (TPSA) is 8.17 Å². The second-order valence-electron chi connectivity index (χ2n) is 8.60. The maximum Gasteiger partial charge on any atom is 0.0629 e. The largest absolute Gasteiger partial charge is 0.333 e. The normalized spacial score (nSPS) is 18.9. The Balaban J connectivity index is 1.37. The summed E-state index contributed by atoms with van der Waals surface area (Å²) in [5, 5.41) is 2.59. The number of nitrogens with zero attached hydrogens (tertiary/aromatic N) is 2. The van der Waals surface area contributed by atoms with E-state index in [0.717, 1.165) is 0 Å². The average molecular weight is 411 g/mol. The number of hydrogen-bond donors (Lipinski definition) is 0. The maximum absolute atomic E-state index is 2.48. The summed E-state index contributed by atoms with van der Waals surface area (Å²) in [5.41, 5.74) is 7.62. The first-order valence-electron chi connectivity index (χ1n) is 11.2.